The molecule has 5 rings (SSSR count). The van der Waals surface area contributed by atoms with Gasteiger partial charge in [0.15, 0.2) is 0 Å². The van der Waals surface area contributed by atoms with Crippen molar-refractivity contribution in [3.63, 3.8) is 0 Å². The van der Waals surface area contributed by atoms with Gasteiger partial charge in [-0.3, -0.25) is 4.79 Å². The van der Waals surface area contributed by atoms with E-state index in [2.05, 4.69) is 25.8 Å². The highest BCUT2D eigenvalue weighted by molar-refractivity contribution is 9.10. The third kappa shape index (κ3) is 4.18. The van der Waals surface area contributed by atoms with Crippen LogP contribution in [0, 0.1) is 0 Å². The third-order valence-corrected chi connectivity index (χ3v) is 6.32. The van der Waals surface area contributed by atoms with Gasteiger partial charge in [-0.05, 0) is 54.1 Å². The second kappa shape index (κ2) is 8.08. The van der Waals surface area contributed by atoms with Crippen molar-refractivity contribution < 1.29 is 18.0 Å². The van der Waals surface area contributed by atoms with E-state index >= 15 is 0 Å². The number of rotatable bonds is 3. The number of amides is 1. The second-order valence-corrected chi connectivity index (χ2v) is 9.12. The van der Waals surface area contributed by atoms with E-state index in [4.69, 9.17) is 11.6 Å². The van der Waals surface area contributed by atoms with E-state index in [1.54, 1.807) is 6.08 Å². The molecule has 1 aliphatic rings. The van der Waals surface area contributed by atoms with Crippen LogP contribution in [0.5, 0.6) is 0 Å². The summed E-state index contributed by atoms with van der Waals surface area (Å²) >= 11 is 9.49. The maximum atomic E-state index is 13.1. The van der Waals surface area contributed by atoms with Crippen molar-refractivity contribution in [2.45, 2.75) is 12.7 Å². The summed E-state index contributed by atoms with van der Waals surface area (Å²) in [4.78, 5) is 12.6. The van der Waals surface area contributed by atoms with Gasteiger partial charge in [0.05, 0.1) is 5.56 Å². The fraction of sp³-hybridized carbons (Fsp3) is 0.0800. The zero-order valence-electron chi connectivity index (χ0n) is 16.9. The van der Waals surface area contributed by atoms with E-state index in [0.717, 1.165) is 38.6 Å². The summed E-state index contributed by atoms with van der Waals surface area (Å²) < 4.78 is 42.2. The monoisotopic (exact) mass is 530 g/mol. The summed E-state index contributed by atoms with van der Waals surface area (Å²) in [5.41, 5.74) is 2.94. The van der Waals surface area contributed by atoms with Crippen LogP contribution in [0.2, 0.25) is 5.02 Å². The first-order valence-electron chi connectivity index (χ1n) is 9.96. The summed E-state index contributed by atoms with van der Waals surface area (Å²) in [6.07, 6.45) is -0.816. The van der Waals surface area contributed by atoms with Crippen LogP contribution in [-0.2, 0) is 17.5 Å². The van der Waals surface area contributed by atoms with Gasteiger partial charge in [-0.2, -0.15) is 13.2 Å². The quantitative estimate of drug-likeness (QED) is 0.271. The molecule has 0 unspecified atom stereocenters. The highest BCUT2D eigenvalue weighted by Gasteiger charge is 2.33. The SMILES string of the molecule is O=C1Nc2cc(C(F)(F)F)ccc2/C1=C\c1cn(Cc2ccc(Cl)cc2)c2ccc(Br)cc12. The van der Waals surface area contributed by atoms with Gasteiger partial charge < -0.3 is 9.88 Å². The minimum Gasteiger partial charge on any atom is -0.342 e. The molecule has 1 amide bonds. The Morgan fingerprint density at radius 2 is 1.79 bits per heavy atom. The first-order valence-corrected chi connectivity index (χ1v) is 11.1. The summed E-state index contributed by atoms with van der Waals surface area (Å²) in [5, 5.41) is 4.13. The molecule has 0 saturated heterocycles. The summed E-state index contributed by atoms with van der Waals surface area (Å²) in [5.74, 6) is -0.432. The number of nitrogens with one attached hydrogen (secondary N) is 1. The largest absolute Gasteiger partial charge is 0.416 e. The smallest absolute Gasteiger partial charge is 0.342 e. The summed E-state index contributed by atoms with van der Waals surface area (Å²) in [6.45, 7) is 0.593. The highest BCUT2D eigenvalue weighted by atomic mass is 79.9. The Balaban J connectivity index is 1.60. The van der Waals surface area contributed by atoms with Crippen molar-refractivity contribution in [2.75, 3.05) is 5.32 Å². The number of alkyl halides is 3. The molecule has 0 aliphatic carbocycles. The number of benzene rings is 3. The minimum absolute atomic E-state index is 0.159. The Labute approximate surface area is 200 Å². The number of carbonyl (C=O) groups excluding carboxylic acids is 1. The molecule has 8 heteroatoms. The van der Waals surface area contributed by atoms with Crippen LogP contribution >= 0.6 is 27.5 Å². The van der Waals surface area contributed by atoms with Crippen LogP contribution in [0.15, 0.2) is 71.3 Å². The van der Waals surface area contributed by atoms with Crippen LogP contribution in [0.4, 0.5) is 18.9 Å². The maximum Gasteiger partial charge on any atom is 0.416 e. The van der Waals surface area contributed by atoms with Gasteiger partial charge in [0.1, 0.15) is 0 Å². The topological polar surface area (TPSA) is 34.0 Å². The molecule has 0 saturated carbocycles. The van der Waals surface area contributed by atoms with Crippen LogP contribution in [0.25, 0.3) is 22.6 Å². The van der Waals surface area contributed by atoms with Crippen molar-refractivity contribution in [3.8, 4) is 0 Å². The molecule has 4 aromatic rings. The molecule has 33 heavy (non-hydrogen) atoms. The molecule has 0 fully saturated rings. The van der Waals surface area contributed by atoms with Crippen LogP contribution in [0.1, 0.15) is 22.3 Å². The number of hydrogen-bond donors (Lipinski definition) is 1. The highest BCUT2D eigenvalue weighted by Crippen LogP contribution is 2.39. The summed E-state index contributed by atoms with van der Waals surface area (Å²) in [6, 6.07) is 16.7. The lowest BCUT2D eigenvalue weighted by Gasteiger charge is -2.08. The van der Waals surface area contributed by atoms with Gasteiger partial charge in [0, 0.05) is 55.5 Å². The molecular formula is C25H15BrClF3N2O. The van der Waals surface area contributed by atoms with Gasteiger partial charge in [-0.15, -0.1) is 0 Å². The van der Waals surface area contributed by atoms with Crippen molar-refractivity contribution in [2.24, 2.45) is 0 Å². The molecule has 3 nitrogen and oxygen atoms in total. The van der Waals surface area contributed by atoms with Crippen molar-refractivity contribution in [1.29, 1.82) is 0 Å². The number of halogens is 5. The van der Waals surface area contributed by atoms with Crippen molar-refractivity contribution in [3.05, 3.63) is 98.6 Å². The van der Waals surface area contributed by atoms with Gasteiger partial charge in [0.2, 0.25) is 0 Å². The fourth-order valence-corrected chi connectivity index (χ4v) is 4.49. The van der Waals surface area contributed by atoms with Crippen LogP contribution < -0.4 is 5.32 Å². The predicted octanol–water partition coefficient (Wildman–Crippen LogP) is 7.62. The predicted molar refractivity (Wildman–Crippen MR) is 128 cm³/mol. The number of aromatic nitrogens is 1. The lowest BCUT2D eigenvalue weighted by atomic mass is 10.0. The molecular weight excluding hydrogens is 517 g/mol. The molecule has 1 N–H and O–H groups in total. The molecule has 2 heterocycles. The number of hydrogen-bond acceptors (Lipinski definition) is 1. The Morgan fingerprint density at radius 3 is 2.52 bits per heavy atom. The Morgan fingerprint density at radius 1 is 1.03 bits per heavy atom. The molecule has 1 aliphatic heterocycles. The van der Waals surface area contributed by atoms with Crippen LogP contribution in [-0.4, -0.2) is 10.5 Å². The normalized spacial score (nSPS) is 14.7. The number of anilines is 1. The average Bonchev–Trinajstić information content (AvgIpc) is 3.25. The number of nitrogens with zero attached hydrogens (tertiary/aromatic N) is 1. The van der Waals surface area contributed by atoms with E-state index in [1.165, 1.54) is 6.07 Å². The first kappa shape index (κ1) is 21.8. The van der Waals surface area contributed by atoms with Gasteiger partial charge >= 0.3 is 6.18 Å². The third-order valence-electron chi connectivity index (χ3n) is 5.57. The van der Waals surface area contributed by atoms with E-state index in [9.17, 15) is 18.0 Å². The van der Waals surface area contributed by atoms with Gasteiger partial charge in [-0.25, -0.2) is 0 Å². The van der Waals surface area contributed by atoms with E-state index in [1.807, 2.05) is 48.7 Å². The van der Waals surface area contributed by atoms with Gasteiger partial charge in [-0.1, -0.05) is 45.7 Å². The fourth-order valence-electron chi connectivity index (χ4n) is 4.00. The maximum absolute atomic E-state index is 13.1. The molecule has 0 radical (unpaired) electrons. The van der Waals surface area contributed by atoms with E-state index < -0.39 is 17.6 Å². The second-order valence-electron chi connectivity index (χ2n) is 7.77. The number of carbonyl (C=O) groups is 1. The van der Waals surface area contributed by atoms with Crippen molar-refractivity contribution >= 4 is 61.7 Å². The van der Waals surface area contributed by atoms with Gasteiger partial charge in [0.25, 0.3) is 5.91 Å². The van der Waals surface area contributed by atoms with Crippen LogP contribution in [0.3, 0.4) is 0 Å². The zero-order valence-corrected chi connectivity index (χ0v) is 19.2. The molecule has 1 aromatic heterocycles. The first-order chi connectivity index (χ1) is 15.7. The molecule has 0 bridgehead atoms. The number of fused-ring (bicyclic) bond motifs is 2. The summed E-state index contributed by atoms with van der Waals surface area (Å²) in [7, 11) is 0. The molecule has 3 aromatic carbocycles. The lowest BCUT2D eigenvalue weighted by Crippen LogP contribution is -2.06. The molecule has 0 spiro atoms. The minimum atomic E-state index is -4.48. The standard InChI is InChI=1S/C25H15BrClF3N2O/c26-17-4-8-23-20(11-17)15(13-32(23)12-14-1-5-18(27)6-2-14)9-21-19-7-3-16(25(28,29)30)10-22(19)31-24(21)33/h1-11,13H,12H2,(H,31,33)/b21-9+. The lowest BCUT2D eigenvalue weighted by molar-refractivity contribution is -0.137. The molecule has 0 atom stereocenters. The molecule has 166 valence electrons. The Kier molecular flexibility index (Phi) is 5.34. The zero-order chi connectivity index (χ0) is 23.3. The van der Waals surface area contributed by atoms with Crippen molar-refractivity contribution in [1.82, 2.24) is 4.57 Å². The van der Waals surface area contributed by atoms with E-state index in [-0.39, 0.29) is 5.69 Å². The van der Waals surface area contributed by atoms with E-state index in [0.29, 0.717) is 22.7 Å². The average molecular weight is 532 g/mol. The Bertz CT molecular complexity index is 1440. The Hall–Kier alpha value is -3.03.